The van der Waals surface area contributed by atoms with Gasteiger partial charge in [-0.2, -0.15) is 5.10 Å². The van der Waals surface area contributed by atoms with Crippen LogP contribution >= 0.6 is 0 Å². The fourth-order valence-corrected chi connectivity index (χ4v) is 3.88. The first-order valence-electron chi connectivity index (χ1n) is 10.1. The number of hydrogen-bond donors (Lipinski definition) is 1. The van der Waals surface area contributed by atoms with Crippen LogP contribution in [0.15, 0.2) is 30.3 Å². The lowest BCUT2D eigenvalue weighted by Gasteiger charge is -2.25. The molecule has 0 aliphatic carbocycles. The molecule has 2 aliphatic rings. The molecule has 0 radical (unpaired) electrons. The highest BCUT2D eigenvalue weighted by molar-refractivity contribution is 5.78. The number of hydrogen-bond acceptors (Lipinski definition) is 5. The second-order valence-corrected chi connectivity index (χ2v) is 7.54. The van der Waals surface area contributed by atoms with Crippen LogP contribution in [0.1, 0.15) is 42.8 Å². The number of amides is 1. The highest BCUT2D eigenvalue weighted by Crippen LogP contribution is 2.23. The van der Waals surface area contributed by atoms with Crippen molar-refractivity contribution in [1.82, 2.24) is 19.6 Å². The number of aliphatic hydroxyl groups excluding tert-OH is 1. The average molecular weight is 384 g/mol. The quantitative estimate of drug-likeness (QED) is 0.873. The minimum absolute atomic E-state index is 0.131. The average Bonchev–Trinajstić information content (AvgIpc) is 2.87. The normalized spacial score (nSPS) is 18.4. The summed E-state index contributed by atoms with van der Waals surface area (Å²) in [5.74, 6) is 1.05. The Labute approximate surface area is 165 Å². The van der Waals surface area contributed by atoms with Crippen LogP contribution in [0.5, 0.6) is 5.75 Å². The molecule has 0 saturated carbocycles. The van der Waals surface area contributed by atoms with E-state index in [1.165, 1.54) is 0 Å². The molecule has 7 nitrogen and oxygen atoms in total. The van der Waals surface area contributed by atoms with Gasteiger partial charge in [0, 0.05) is 31.7 Å². The minimum atomic E-state index is -0.541. The molecule has 4 rings (SSSR count). The lowest BCUT2D eigenvalue weighted by atomic mass is 10.2. The van der Waals surface area contributed by atoms with Gasteiger partial charge in [-0.3, -0.25) is 14.4 Å². The fraction of sp³-hybridized carbons (Fsp3) is 0.524. The Bertz CT molecular complexity index is 835. The van der Waals surface area contributed by atoms with E-state index < -0.39 is 6.10 Å². The summed E-state index contributed by atoms with van der Waals surface area (Å²) in [6.45, 7) is 6.43. The predicted molar refractivity (Wildman–Crippen MR) is 105 cm³/mol. The van der Waals surface area contributed by atoms with Crippen molar-refractivity contribution in [3.05, 3.63) is 47.3 Å². The highest BCUT2D eigenvalue weighted by atomic mass is 16.5. The number of carbonyl (C=O) groups is 1. The van der Waals surface area contributed by atoms with Gasteiger partial charge in [0.2, 0.25) is 5.91 Å². The first-order chi connectivity index (χ1) is 13.6. The van der Waals surface area contributed by atoms with Crippen LogP contribution in [0.4, 0.5) is 0 Å². The summed E-state index contributed by atoms with van der Waals surface area (Å²) in [7, 11) is 0. The standard InChI is InChI=1S/C21H28N4O3/c1-2-19(26)18-12-17-14-24(8-5-9-25(17)22-18)21(27)15-23-10-11-28-20-7-4-3-6-16(20)13-23/h3-4,6-7,12,19,26H,2,5,8-11,13-15H2,1H3. The summed E-state index contributed by atoms with van der Waals surface area (Å²) in [5.41, 5.74) is 2.82. The molecule has 7 heteroatoms. The lowest BCUT2D eigenvalue weighted by Crippen LogP contribution is -2.40. The molecule has 0 bridgehead atoms. The van der Waals surface area contributed by atoms with Crippen molar-refractivity contribution in [3.63, 3.8) is 0 Å². The van der Waals surface area contributed by atoms with E-state index in [0.717, 1.165) is 49.6 Å². The van der Waals surface area contributed by atoms with Gasteiger partial charge in [-0.05, 0) is 25.0 Å². The van der Waals surface area contributed by atoms with Gasteiger partial charge in [-0.15, -0.1) is 0 Å². The van der Waals surface area contributed by atoms with E-state index in [1.54, 1.807) is 0 Å². The number of aryl methyl sites for hydroxylation is 1. The molecule has 150 valence electrons. The van der Waals surface area contributed by atoms with Crippen LogP contribution < -0.4 is 4.74 Å². The summed E-state index contributed by atoms with van der Waals surface area (Å²) in [6, 6.07) is 9.97. The van der Waals surface area contributed by atoms with Crippen molar-refractivity contribution in [3.8, 4) is 5.75 Å². The predicted octanol–water partition coefficient (Wildman–Crippen LogP) is 1.95. The molecule has 28 heavy (non-hydrogen) atoms. The largest absolute Gasteiger partial charge is 0.492 e. The third-order valence-electron chi connectivity index (χ3n) is 5.50. The number of para-hydroxylation sites is 1. The summed E-state index contributed by atoms with van der Waals surface area (Å²) >= 11 is 0. The number of benzene rings is 1. The van der Waals surface area contributed by atoms with Crippen LogP contribution in [-0.2, 0) is 24.4 Å². The topological polar surface area (TPSA) is 70.8 Å². The van der Waals surface area contributed by atoms with E-state index >= 15 is 0 Å². The van der Waals surface area contributed by atoms with Gasteiger partial charge in [-0.25, -0.2) is 0 Å². The third kappa shape index (κ3) is 4.05. The van der Waals surface area contributed by atoms with Crippen LogP contribution in [0.3, 0.4) is 0 Å². The molecule has 1 amide bonds. The van der Waals surface area contributed by atoms with Gasteiger partial charge in [0.1, 0.15) is 12.4 Å². The van der Waals surface area contributed by atoms with Crippen molar-refractivity contribution < 1.29 is 14.6 Å². The van der Waals surface area contributed by atoms with E-state index in [0.29, 0.717) is 31.8 Å². The molecule has 1 aromatic heterocycles. The van der Waals surface area contributed by atoms with Crippen LogP contribution in [-0.4, -0.2) is 56.8 Å². The highest BCUT2D eigenvalue weighted by Gasteiger charge is 2.24. The Morgan fingerprint density at radius 3 is 2.96 bits per heavy atom. The maximum atomic E-state index is 13.0. The van der Waals surface area contributed by atoms with E-state index in [-0.39, 0.29) is 5.91 Å². The van der Waals surface area contributed by atoms with Gasteiger partial charge in [0.25, 0.3) is 0 Å². The van der Waals surface area contributed by atoms with Crippen LogP contribution in [0.25, 0.3) is 0 Å². The number of carbonyl (C=O) groups excluding carboxylic acids is 1. The Kier molecular flexibility index (Phi) is 5.64. The van der Waals surface area contributed by atoms with Gasteiger partial charge in [-0.1, -0.05) is 25.1 Å². The number of aromatic nitrogens is 2. The maximum Gasteiger partial charge on any atom is 0.237 e. The molecule has 0 spiro atoms. The zero-order valence-corrected chi connectivity index (χ0v) is 16.4. The second kappa shape index (κ2) is 8.32. The zero-order valence-electron chi connectivity index (χ0n) is 16.4. The first-order valence-corrected chi connectivity index (χ1v) is 10.1. The summed E-state index contributed by atoms with van der Waals surface area (Å²) in [6.07, 6.45) is 0.965. The first kappa shape index (κ1) is 19.0. The number of rotatable bonds is 4. The van der Waals surface area contributed by atoms with Crippen molar-refractivity contribution in [2.45, 2.75) is 45.5 Å². The third-order valence-corrected chi connectivity index (χ3v) is 5.50. The number of ether oxygens (including phenoxy) is 1. The summed E-state index contributed by atoms with van der Waals surface area (Å²) in [4.78, 5) is 17.1. The minimum Gasteiger partial charge on any atom is -0.492 e. The molecule has 2 aromatic rings. The van der Waals surface area contributed by atoms with Gasteiger partial charge < -0.3 is 14.7 Å². The smallest absolute Gasteiger partial charge is 0.237 e. The second-order valence-electron chi connectivity index (χ2n) is 7.54. The Morgan fingerprint density at radius 1 is 1.25 bits per heavy atom. The SMILES string of the molecule is CCC(O)c1cc2n(n1)CCCN(C(=O)CN1CCOc3ccccc3C1)C2. The molecule has 1 unspecified atom stereocenters. The van der Waals surface area contributed by atoms with E-state index in [4.69, 9.17) is 4.74 Å². The van der Waals surface area contributed by atoms with E-state index in [2.05, 4.69) is 16.1 Å². The van der Waals surface area contributed by atoms with E-state index in [1.807, 2.05) is 40.8 Å². The van der Waals surface area contributed by atoms with Crippen molar-refractivity contribution in [2.75, 3.05) is 26.2 Å². The molecule has 1 N–H and O–H groups in total. The molecular formula is C21H28N4O3. The Morgan fingerprint density at radius 2 is 2.11 bits per heavy atom. The Balaban J connectivity index is 1.43. The molecule has 1 aromatic carbocycles. The van der Waals surface area contributed by atoms with Crippen molar-refractivity contribution >= 4 is 5.91 Å². The lowest BCUT2D eigenvalue weighted by molar-refractivity contribution is -0.133. The molecule has 3 heterocycles. The molecule has 2 aliphatic heterocycles. The summed E-state index contributed by atoms with van der Waals surface area (Å²) in [5, 5.41) is 14.6. The van der Waals surface area contributed by atoms with Crippen molar-refractivity contribution in [2.24, 2.45) is 0 Å². The summed E-state index contributed by atoms with van der Waals surface area (Å²) < 4.78 is 7.75. The van der Waals surface area contributed by atoms with Crippen LogP contribution in [0.2, 0.25) is 0 Å². The molecule has 0 saturated heterocycles. The van der Waals surface area contributed by atoms with Gasteiger partial charge >= 0.3 is 0 Å². The number of fused-ring (bicyclic) bond motifs is 2. The van der Waals surface area contributed by atoms with Gasteiger partial charge in [0.05, 0.1) is 30.6 Å². The zero-order chi connectivity index (χ0) is 19.5. The van der Waals surface area contributed by atoms with Crippen molar-refractivity contribution in [1.29, 1.82) is 0 Å². The maximum absolute atomic E-state index is 13.0. The fourth-order valence-electron chi connectivity index (χ4n) is 3.88. The number of nitrogens with zero attached hydrogens (tertiary/aromatic N) is 4. The molecule has 1 atom stereocenters. The molecular weight excluding hydrogens is 356 g/mol. The van der Waals surface area contributed by atoms with E-state index in [9.17, 15) is 9.90 Å². The monoisotopic (exact) mass is 384 g/mol. The van der Waals surface area contributed by atoms with Crippen LogP contribution in [0, 0.1) is 0 Å². The molecule has 0 fully saturated rings. The Hall–Kier alpha value is -2.38. The number of aliphatic hydroxyl groups is 1. The van der Waals surface area contributed by atoms with Gasteiger partial charge in [0.15, 0.2) is 0 Å².